The Hall–Kier alpha value is -0.720. The van der Waals surface area contributed by atoms with E-state index in [0.29, 0.717) is 11.8 Å². The molecule has 0 radical (unpaired) electrons. The average Bonchev–Trinajstić information content (AvgIpc) is 2.61. The summed E-state index contributed by atoms with van der Waals surface area (Å²) in [5, 5.41) is 0. The summed E-state index contributed by atoms with van der Waals surface area (Å²) < 4.78 is 0. The van der Waals surface area contributed by atoms with Crippen molar-refractivity contribution >= 4 is 0 Å². The van der Waals surface area contributed by atoms with Crippen LogP contribution < -0.4 is 5.73 Å². The Morgan fingerprint density at radius 2 is 2.17 bits per heavy atom. The van der Waals surface area contributed by atoms with Gasteiger partial charge in [0.25, 0.3) is 0 Å². The Bertz CT molecular complexity index is 233. The molecule has 1 rings (SSSR count). The van der Waals surface area contributed by atoms with Gasteiger partial charge in [-0.15, -0.1) is 0 Å². The molecule has 1 aliphatic rings. The molecule has 1 unspecified atom stereocenters. The second-order valence-corrected chi connectivity index (χ2v) is 3.81. The summed E-state index contributed by atoms with van der Waals surface area (Å²) in [6.07, 6.45) is 3.41. The molecule has 0 heterocycles. The molecule has 0 spiro atoms. The smallest absolute Gasteiger partial charge is 0.0148 e. The zero-order valence-corrected chi connectivity index (χ0v) is 8.52. The lowest BCUT2D eigenvalue weighted by molar-refractivity contribution is 0.749. The average molecular weight is 165 g/mol. The third-order valence-corrected chi connectivity index (χ3v) is 2.48. The molecule has 0 aromatic rings. The minimum absolute atomic E-state index is 0.491. The Morgan fingerprint density at radius 3 is 2.58 bits per heavy atom. The summed E-state index contributed by atoms with van der Waals surface area (Å²) in [4.78, 5) is 0. The van der Waals surface area contributed by atoms with Crippen molar-refractivity contribution in [2.45, 2.75) is 34.1 Å². The summed E-state index contributed by atoms with van der Waals surface area (Å²) in [7, 11) is 0. The van der Waals surface area contributed by atoms with Crippen LogP contribution in [0.25, 0.3) is 0 Å². The summed E-state index contributed by atoms with van der Waals surface area (Å²) in [6, 6.07) is 0. The standard InChI is InChI=1S/C11H19N/c1-5-6-9-8(4)10(9)11(12)7(2)3/h6-8H,5,12H2,1-4H3/b9-6-,11-10-. The molecule has 0 amide bonds. The van der Waals surface area contributed by atoms with E-state index in [0.717, 1.165) is 12.1 Å². The number of hydrogen-bond acceptors (Lipinski definition) is 1. The van der Waals surface area contributed by atoms with Crippen molar-refractivity contribution in [2.24, 2.45) is 17.6 Å². The molecule has 0 bridgehead atoms. The molecule has 1 nitrogen and oxygen atoms in total. The monoisotopic (exact) mass is 165 g/mol. The predicted molar refractivity (Wildman–Crippen MR) is 53.6 cm³/mol. The van der Waals surface area contributed by atoms with E-state index in [2.05, 4.69) is 33.8 Å². The lowest BCUT2D eigenvalue weighted by Crippen LogP contribution is -2.04. The summed E-state index contributed by atoms with van der Waals surface area (Å²) in [5.41, 5.74) is 9.94. The third-order valence-electron chi connectivity index (χ3n) is 2.48. The van der Waals surface area contributed by atoms with Crippen LogP contribution in [0.3, 0.4) is 0 Å². The molecule has 1 heteroatoms. The zero-order valence-electron chi connectivity index (χ0n) is 8.52. The predicted octanol–water partition coefficient (Wildman–Crippen LogP) is 2.84. The second kappa shape index (κ2) is 3.34. The van der Waals surface area contributed by atoms with E-state index in [1.165, 1.54) is 11.1 Å². The van der Waals surface area contributed by atoms with Crippen molar-refractivity contribution in [3.8, 4) is 0 Å². The lowest BCUT2D eigenvalue weighted by Gasteiger charge is -2.02. The van der Waals surface area contributed by atoms with Gasteiger partial charge in [0.2, 0.25) is 0 Å². The normalized spacial score (nSPS) is 29.8. The van der Waals surface area contributed by atoms with Crippen LogP contribution in [0.15, 0.2) is 22.9 Å². The van der Waals surface area contributed by atoms with Gasteiger partial charge in [0, 0.05) is 11.6 Å². The second-order valence-electron chi connectivity index (χ2n) is 3.81. The fourth-order valence-electron chi connectivity index (χ4n) is 1.59. The van der Waals surface area contributed by atoms with Gasteiger partial charge in [-0.3, -0.25) is 0 Å². The quantitative estimate of drug-likeness (QED) is 0.669. The first-order valence-corrected chi connectivity index (χ1v) is 4.79. The van der Waals surface area contributed by atoms with E-state index in [9.17, 15) is 0 Å². The molecule has 0 saturated heterocycles. The maximum absolute atomic E-state index is 5.97. The highest BCUT2D eigenvalue weighted by Crippen LogP contribution is 2.47. The molecule has 1 fully saturated rings. The molecule has 1 aliphatic carbocycles. The first-order chi connectivity index (χ1) is 5.59. The molecule has 2 N–H and O–H groups in total. The summed E-state index contributed by atoms with van der Waals surface area (Å²) in [5.74, 6) is 1.12. The molecule has 1 saturated carbocycles. The van der Waals surface area contributed by atoms with Gasteiger partial charge in [-0.05, 0) is 23.5 Å². The van der Waals surface area contributed by atoms with Crippen molar-refractivity contribution in [1.82, 2.24) is 0 Å². The fraction of sp³-hybridized carbons (Fsp3) is 0.636. The third kappa shape index (κ3) is 1.55. The van der Waals surface area contributed by atoms with E-state index >= 15 is 0 Å². The van der Waals surface area contributed by atoms with Crippen molar-refractivity contribution in [3.05, 3.63) is 22.9 Å². The molecule has 0 aliphatic heterocycles. The van der Waals surface area contributed by atoms with Crippen LogP contribution >= 0.6 is 0 Å². The van der Waals surface area contributed by atoms with Crippen molar-refractivity contribution in [2.75, 3.05) is 0 Å². The van der Waals surface area contributed by atoms with Gasteiger partial charge in [0.15, 0.2) is 0 Å². The van der Waals surface area contributed by atoms with Gasteiger partial charge in [0.1, 0.15) is 0 Å². The maximum Gasteiger partial charge on any atom is 0.0148 e. The Morgan fingerprint density at radius 1 is 1.58 bits per heavy atom. The van der Waals surface area contributed by atoms with Crippen molar-refractivity contribution in [1.29, 1.82) is 0 Å². The van der Waals surface area contributed by atoms with E-state index in [-0.39, 0.29) is 0 Å². The molecule has 0 aromatic heterocycles. The Kier molecular flexibility index (Phi) is 2.61. The molecule has 1 atom stereocenters. The van der Waals surface area contributed by atoms with E-state index < -0.39 is 0 Å². The van der Waals surface area contributed by atoms with E-state index in [1.807, 2.05) is 0 Å². The Labute approximate surface area is 75.3 Å². The first kappa shape index (κ1) is 9.37. The van der Waals surface area contributed by atoms with Crippen molar-refractivity contribution in [3.63, 3.8) is 0 Å². The maximum atomic E-state index is 5.97. The summed E-state index contributed by atoms with van der Waals surface area (Å²) >= 11 is 0. The van der Waals surface area contributed by atoms with Crippen LogP contribution in [0, 0.1) is 11.8 Å². The topological polar surface area (TPSA) is 26.0 Å². The Balaban J connectivity index is 2.81. The highest BCUT2D eigenvalue weighted by molar-refractivity contribution is 5.57. The van der Waals surface area contributed by atoms with Gasteiger partial charge in [0.05, 0.1) is 0 Å². The number of rotatable bonds is 2. The van der Waals surface area contributed by atoms with Gasteiger partial charge in [-0.25, -0.2) is 0 Å². The van der Waals surface area contributed by atoms with Gasteiger partial charge >= 0.3 is 0 Å². The largest absolute Gasteiger partial charge is 0.402 e. The SMILES string of the molecule is CC/C=C1\C(=C(/N)C(C)C)C1C. The van der Waals surface area contributed by atoms with Crippen LogP contribution in [0.5, 0.6) is 0 Å². The fourth-order valence-corrected chi connectivity index (χ4v) is 1.59. The first-order valence-electron chi connectivity index (χ1n) is 4.79. The minimum Gasteiger partial charge on any atom is -0.402 e. The zero-order chi connectivity index (χ0) is 9.30. The van der Waals surface area contributed by atoms with Crippen LogP contribution in [0.1, 0.15) is 34.1 Å². The number of allylic oxidation sites excluding steroid dienone is 4. The number of hydrogen-bond donors (Lipinski definition) is 1. The van der Waals surface area contributed by atoms with Crippen LogP contribution in [0.2, 0.25) is 0 Å². The molecular weight excluding hydrogens is 146 g/mol. The summed E-state index contributed by atoms with van der Waals surface area (Å²) in [6.45, 7) is 8.70. The van der Waals surface area contributed by atoms with Crippen molar-refractivity contribution < 1.29 is 0 Å². The number of nitrogens with two attached hydrogens (primary N) is 1. The highest BCUT2D eigenvalue weighted by atomic mass is 14.6. The van der Waals surface area contributed by atoms with E-state index in [1.54, 1.807) is 0 Å². The molecule has 12 heavy (non-hydrogen) atoms. The van der Waals surface area contributed by atoms with Crippen LogP contribution in [-0.2, 0) is 0 Å². The van der Waals surface area contributed by atoms with Gasteiger partial charge in [-0.1, -0.05) is 33.8 Å². The van der Waals surface area contributed by atoms with Crippen LogP contribution in [-0.4, -0.2) is 0 Å². The molecular formula is C11H19N. The minimum atomic E-state index is 0.491. The molecule has 0 aromatic carbocycles. The van der Waals surface area contributed by atoms with Gasteiger partial charge in [-0.2, -0.15) is 0 Å². The van der Waals surface area contributed by atoms with E-state index in [4.69, 9.17) is 5.73 Å². The van der Waals surface area contributed by atoms with Gasteiger partial charge < -0.3 is 5.73 Å². The lowest BCUT2D eigenvalue weighted by atomic mass is 10.1. The molecule has 68 valence electrons. The highest BCUT2D eigenvalue weighted by Gasteiger charge is 2.34. The van der Waals surface area contributed by atoms with Crippen LogP contribution in [0.4, 0.5) is 0 Å².